The van der Waals surface area contributed by atoms with E-state index in [1.54, 1.807) is 18.0 Å². The van der Waals surface area contributed by atoms with E-state index in [0.717, 1.165) is 10.6 Å². The van der Waals surface area contributed by atoms with Crippen molar-refractivity contribution in [2.24, 2.45) is 0 Å². The molecule has 2 N–H and O–H groups in total. The zero-order chi connectivity index (χ0) is 12.1. The molecule has 84 valence electrons. The summed E-state index contributed by atoms with van der Waals surface area (Å²) in [5, 5.41) is 9.78. The van der Waals surface area contributed by atoms with Crippen LogP contribution in [0.25, 0.3) is 0 Å². The van der Waals surface area contributed by atoms with Crippen LogP contribution in [0.3, 0.4) is 0 Å². The molecule has 1 aromatic heterocycles. The molecule has 0 aliphatic rings. The number of anilines is 1. The normalized spacial score (nSPS) is 9.82. The maximum absolute atomic E-state index is 8.97. The summed E-state index contributed by atoms with van der Waals surface area (Å²) < 4.78 is 0. The van der Waals surface area contributed by atoms with Crippen LogP contribution in [0.2, 0.25) is 0 Å². The van der Waals surface area contributed by atoms with Crippen molar-refractivity contribution in [2.75, 3.05) is 5.73 Å². The minimum absolute atomic E-state index is 0.673. The zero-order valence-electron chi connectivity index (χ0n) is 9.13. The summed E-state index contributed by atoms with van der Waals surface area (Å²) in [6, 6.07) is 13.4. The Kier molecular flexibility index (Phi) is 3.63. The molecule has 4 heteroatoms. The highest BCUT2D eigenvalue weighted by Gasteiger charge is 2.04. The number of nitrogens with zero attached hydrogens (tertiary/aromatic N) is 2. The molecule has 0 bridgehead atoms. The molecule has 3 nitrogen and oxygen atoms in total. The number of hydrogen-bond donors (Lipinski definition) is 1. The van der Waals surface area contributed by atoms with Gasteiger partial charge in [0.2, 0.25) is 0 Å². The fourth-order valence-electron chi connectivity index (χ4n) is 1.43. The molecule has 17 heavy (non-hydrogen) atoms. The smallest absolute Gasteiger partial charge is 0.119 e. The predicted molar refractivity (Wildman–Crippen MR) is 69.4 cm³/mol. The zero-order valence-corrected chi connectivity index (χ0v) is 9.95. The number of thioether (sulfide) groups is 1. The number of rotatable bonds is 3. The van der Waals surface area contributed by atoms with Crippen LogP contribution in [-0.2, 0) is 5.75 Å². The van der Waals surface area contributed by atoms with Gasteiger partial charge in [0.1, 0.15) is 5.03 Å². The topological polar surface area (TPSA) is 62.7 Å². The van der Waals surface area contributed by atoms with E-state index < -0.39 is 0 Å². The van der Waals surface area contributed by atoms with Crippen molar-refractivity contribution < 1.29 is 0 Å². The largest absolute Gasteiger partial charge is 0.397 e. The fraction of sp³-hybridized carbons (Fsp3) is 0.0769. The second-order valence-corrected chi connectivity index (χ2v) is 4.42. The van der Waals surface area contributed by atoms with E-state index in [0.29, 0.717) is 17.0 Å². The van der Waals surface area contributed by atoms with Crippen molar-refractivity contribution in [2.45, 2.75) is 10.8 Å². The number of nitrogens with two attached hydrogens (primary N) is 1. The SMILES string of the molecule is N#Cc1ccccc1CSc1ncccc1N. The van der Waals surface area contributed by atoms with E-state index in [4.69, 9.17) is 11.0 Å². The van der Waals surface area contributed by atoms with Crippen molar-refractivity contribution in [1.82, 2.24) is 4.98 Å². The predicted octanol–water partition coefficient (Wildman–Crippen LogP) is 2.83. The van der Waals surface area contributed by atoms with Crippen molar-refractivity contribution in [3.05, 3.63) is 53.7 Å². The van der Waals surface area contributed by atoms with Crippen LogP contribution in [0.4, 0.5) is 5.69 Å². The number of pyridine rings is 1. The van der Waals surface area contributed by atoms with Gasteiger partial charge in [0, 0.05) is 11.9 Å². The third-order valence-electron chi connectivity index (χ3n) is 2.30. The van der Waals surface area contributed by atoms with Crippen molar-refractivity contribution in [3.8, 4) is 6.07 Å². The third kappa shape index (κ3) is 2.77. The first-order valence-corrected chi connectivity index (χ1v) is 6.11. The van der Waals surface area contributed by atoms with E-state index in [9.17, 15) is 0 Å². The van der Waals surface area contributed by atoms with E-state index in [2.05, 4.69) is 11.1 Å². The van der Waals surface area contributed by atoms with Crippen LogP contribution < -0.4 is 5.73 Å². The number of benzene rings is 1. The third-order valence-corrected chi connectivity index (χ3v) is 3.37. The summed E-state index contributed by atoms with van der Waals surface area (Å²) in [4.78, 5) is 4.20. The second kappa shape index (κ2) is 5.37. The Morgan fingerprint density at radius 3 is 2.82 bits per heavy atom. The summed E-state index contributed by atoms with van der Waals surface area (Å²) in [5.74, 6) is 0.699. The Bertz CT molecular complexity index is 561. The van der Waals surface area contributed by atoms with Crippen molar-refractivity contribution in [3.63, 3.8) is 0 Å². The lowest BCUT2D eigenvalue weighted by molar-refractivity contribution is 1.14. The van der Waals surface area contributed by atoms with Gasteiger partial charge in [-0.25, -0.2) is 4.98 Å². The number of hydrogen-bond acceptors (Lipinski definition) is 4. The number of aromatic nitrogens is 1. The lowest BCUT2D eigenvalue weighted by Crippen LogP contribution is -1.92. The quantitative estimate of drug-likeness (QED) is 0.839. The second-order valence-electron chi connectivity index (χ2n) is 3.46. The Labute approximate surface area is 104 Å². The first-order chi connectivity index (χ1) is 8.31. The Morgan fingerprint density at radius 1 is 1.24 bits per heavy atom. The van der Waals surface area contributed by atoms with Crippen molar-refractivity contribution >= 4 is 17.4 Å². The molecule has 2 rings (SSSR count). The van der Waals surface area contributed by atoms with Crippen LogP contribution in [0.5, 0.6) is 0 Å². The first kappa shape index (κ1) is 11.5. The maximum atomic E-state index is 8.97. The van der Waals surface area contributed by atoms with Crippen molar-refractivity contribution in [1.29, 1.82) is 5.26 Å². The standard InChI is InChI=1S/C13H11N3S/c14-8-10-4-1-2-5-11(10)9-17-13-12(15)6-3-7-16-13/h1-7H,9,15H2. The molecule has 2 aromatic rings. The molecule has 1 aromatic carbocycles. The van der Waals surface area contributed by atoms with Crippen LogP contribution in [-0.4, -0.2) is 4.98 Å². The lowest BCUT2D eigenvalue weighted by atomic mass is 10.1. The van der Waals surface area contributed by atoms with Gasteiger partial charge in [0.25, 0.3) is 0 Å². The van der Waals surface area contributed by atoms with Gasteiger partial charge in [-0.3, -0.25) is 0 Å². The summed E-state index contributed by atoms with van der Waals surface area (Å²) in [6.45, 7) is 0. The highest BCUT2D eigenvalue weighted by Crippen LogP contribution is 2.26. The summed E-state index contributed by atoms with van der Waals surface area (Å²) >= 11 is 1.54. The molecule has 0 saturated heterocycles. The first-order valence-electron chi connectivity index (χ1n) is 5.12. The Hall–Kier alpha value is -1.99. The number of nitriles is 1. The Balaban J connectivity index is 2.13. The molecule has 0 radical (unpaired) electrons. The molecule has 1 heterocycles. The maximum Gasteiger partial charge on any atom is 0.119 e. The van der Waals surface area contributed by atoms with Gasteiger partial charge in [0.05, 0.1) is 17.3 Å². The summed E-state index contributed by atoms with van der Waals surface area (Å²) in [7, 11) is 0. The molecule has 0 fully saturated rings. The van der Waals surface area contributed by atoms with Gasteiger partial charge < -0.3 is 5.73 Å². The van der Waals surface area contributed by atoms with Crippen LogP contribution >= 0.6 is 11.8 Å². The van der Waals surface area contributed by atoms with E-state index >= 15 is 0 Å². The van der Waals surface area contributed by atoms with Gasteiger partial charge in [-0.1, -0.05) is 30.0 Å². The summed E-state index contributed by atoms with van der Waals surface area (Å²) in [6.07, 6.45) is 1.72. The van der Waals surface area contributed by atoms with E-state index in [-0.39, 0.29) is 0 Å². The summed E-state index contributed by atoms with van der Waals surface area (Å²) in [5.41, 5.74) is 8.19. The molecule has 0 saturated carbocycles. The number of nitrogen functional groups attached to an aromatic ring is 1. The fourth-order valence-corrected chi connectivity index (χ4v) is 2.34. The molecule has 0 aliphatic carbocycles. The Morgan fingerprint density at radius 2 is 2.06 bits per heavy atom. The van der Waals surface area contributed by atoms with Gasteiger partial charge in [-0.05, 0) is 23.8 Å². The minimum Gasteiger partial charge on any atom is -0.397 e. The highest BCUT2D eigenvalue weighted by atomic mass is 32.2. The molecule has 0 spiro atoms. The van der Waals surface area contributed by atoms with E-state index in [1.165, 1.54) is 0 Å². The van der Waals surface area contributed by atoms with Crippen LogP contribution in [0.1, 0.15) is 11.1 Å². The lowest BCUT2D eigenvalue weighted by Gasteiger charge is -2.05. The minimum atomic E-state index is 0.673. The molecule has 0 amide bonds. The molecular formula is C13H11N3S. The average Bonchev–Trinajstić information content (AvgIpc) is 2.38. The van der Waals surface area contributed by atoms with Crippen LogP contribution in [0, 0.1) is 11.3 Å². The highest BCUT2D eigenvalue weighted by molar-refractivity contribution is 7.98. The van der Waals surface area contributed by atoms with Crippen LogP contribution in [0.15, 0.2) is 47.6 Å². The van der Waals surface area contributed by atoms with Gasteiger partial charge >= 0.3 is 0 Å². The van der Waals surface area contributed by atoms with Gasteiger partial charge in [-0.15, -0.1) is 0 Å². The average molecular weight is 241 g/mol. The monoisotopic (exact) mass is 241 g/mol. The molecule has 0 aliphatic heterocycles. The molecule has 0 atom stereocenters. The van der Waals surface area contributed by atoms with Gasteiger partial charge in [-0.2, -0.15) is 5.26 Å². The molecule has 0 unspecified atom stereocenters. The molecular weight excluding hydrogens is 230 g/mol. The van der Waals surface area contributed by atoms with E-state index in [1.807, 2.05) is 36.4 Å². The van der Waals surface area contributed by atoms with Gasteiger partial charge in [0.15, 0.2) is 0 Å².